The number of hydrogen-bond donors (Lipinski definition) is 1. The highest BCUT2D eigenvalue weighted by Crippen LogP contribution is 2.44. The zero-order chi connectivity index (χ0) is 21.7. The summed E-state index contributed by atoms with van der Waals surface area (Å²) in [5.74, 6) is 0.134. The number of esters is 1. The van der Waals surface area contributed by atoms with Crippen molar-refractivity contribution in [3.63, 3.8) is 0 Å². The number of hydrogen-bond acceptors (Lipinski definition) is 4. The van der Waals surface area contributed by atoms with E-state index in [-0.39, 0.29) is 11.5 Å². The first-order chi connectivity index (χ1) is 14.4. The molecule has 6 heteroatoms. The Morgan fingerprint density at radius 2 is 1.83 bits per heavy atom. The highest BCUT2D eigenvalue weighted by atomic mass is 35.5. The van der Waals surface area contributed by atoms with Gasteiger partial charge in [0.15, 0.2) is 0 Å². The molecule has 1 N–H and O–H groups in total. The first kappa shape index (κ1) is 22.2. The van der Waals surface area contributed by atoms with E-state index in [1.807, 2.05) is 38.1 Å². The Labute approximate surface area is 182 Å². The van der Waals surface area contributed by atoms with Crippen molar-refractivity contribution in [3.8, 4) is 5.75 Å². The summed E-state index contributed by atoms with van der Waals surface area (Å²) in [5.41, 5.74) is 0.993. The summed E-state index contributed by atoms with van der Waals surface area (Å²) in [4.78, 5) is 25.7. The number of carbonyl (C=O) groups excluding carboxylic acids is 2. The zero-order valence-corrected chi connectivity index (χ0v) is 18.4. The topological polar surface area (TPSA) is 64.6 Å². The van der Waals surface area contributed by atoms with Gasteiger partial charge in [0, 0.05) is 10.7 Å². The van der Waals surface area contributed by atoms with Crippen LogP contribution in [0.15, 0.2) is 42.5 Å². The normalized spacial score (nSPS) is 15.1. The molecule has 1 saturated carbocycles. The van der Waals surface area contributed by atoms with Gasteiger partial charge >= 0.3 is 5.97 Å². The summed E-state index contributed by atoms with van der Waals surface area (Å²) < 4.78 is 10.7. The van der Waals surface area contributed by atoms with Crippen LogP contribution in [-0.2, 0) is 14.9 Å². The van der Waals surface area contributed by atoms with Gasteiger partial charge in [-0.25, -0.2) is 4.79 Å². The van der Waals surface area contributed by atoms with Crippen molar-refractivity contribution in [1.29, 1.82) is 0 Å². The van der Waals surface area contributed by atoms with Crippen LogP contribution in [0, 0.1) is 5.92 Å². The average molecular weight is 430 g/mol. The molecule has 160 valence electrons. The number of ether oxygens (including phenoxy) is 2. The van der Waals surface area contributed by atoms with Gasteiger partial charge in [-0.15, -0.1) is 0 Å². The Hall–Kier alpha value is -2.53. The molecule has 2 aromatic carbocycles. The van der Waals surface area contributed by atoms with Gasteiger partial charge < -0.3 is 14.8 Å². The standard InChI is InChI=1S/C24H28ClNO4/c1-16(2)15-30-21-11-10-17(14-18(21)22(27)29-3)26-23(28)24(12-6-7-13-24)19-8-4-5-9-20(19)25/h4-5,8-11,14,16H,6-7,12-13,15H2,1-3H3,(H,26,28). The maximum atomic E-state index is 13.4. The van der Waals surface area contributed by atoms with Crippen molar-refractivity contribution in [3.05, 3.63) is 58.6 Å². The molecule has 0 spiro atoms. The molecule has 0 unspecified atom stereocenters. The van der Waals surface area contributed by atoms with Crippen molar-refractivity contribution in [2.75, 3.05) is 19.0 Å². The predicted octanol–water partition coefficient (Wildman–Crippen LogP) is 5.61. The van der Waals surface area contributed by atoms with Crippen LogP contribution in [0.3, 0.4) is 0 Å². The SMILES string of the molecule is COC(=O)c1cc(NC(=O)C2(c3ccccc3Cl)CCCC2)ccc1OCC(C)C. The predicted molar refractivity (Wildman–Crippen MR) is 118 cm³/mol. The average Bonchev–Trinajstić information content (AvgIpc) is 3.23. The van der Waals surface area contributed by atoms with Crippen LogP contribution >= 0.6 is 11.6 Å². The van der Waals surface area contributed by atoms with Gasteiger partial charge in [-0.3, -0.25) is 4.79 Å². The molecule has 1 fully saturated rings. The minimum atomic E-state index is -0.670. The fraction of sp³-hybridized carbons (Fsp3) is 0.417. The molecule has 5 nitrogen and oxygen atoms in total. The molecule has 0 radical (unpaired) electrons. The Morgan fingerprint density at radius 1 is 1.13 bits per heavy atom. The molecule has 0 bridgehead atoms. The van der Waals surface area contributed by atoms with Crippen LogP contribution in [0.2, 0.25) is 5.02 Å². The molecule has 30 heavy (non-hydrogen) atoms. The van der Waals surface area contributed by atoms with E-state index in [1.165, 1.54) is 7.11 Å². The van der Waals surface area contributed by atoms with Crippen molar-refractivity contribution in [1.82, 2.24) is 0 Å². The summed E-state index contributed by atoms with van der Waals surface area (Å²) >= 11 is 6.45. The van der Waals surface area contributed by atoms with Gasteiger partial charge in [0.2, 0.25) is 5.91 Å². The van der Waals surface area contributed by atoms with Crippen molar-refractivity contribution in [2.24, 2.45) is 5.92 Å². The highest BCUT2D eigenvalue weighted by molar-refractivity contribution is 6.32. The first-order valence-corrected chi connectivity index (χ1v) is 10.7. The number of anilines is 1. The van der Waals surface area contributed by atoms with Gasteiger partial charge in [-0.05, 0) is 48.6 Å². The third-order valence-electron chi connectivity index (χ3n) is 5.50. The monoisotopic (exact) mass is 429 g/mol. The van der Waals surface area contributed by atoms with Crippen molar-refractivity contribution >= 4 is 29.2 Å². The van der Waals surface area contributed by atoms with E-state index in [0.29, 0.717) is 29.0 Å². The van der Waals surface area contributed by atoms with Crippen LogP contribution in [0.5, 0.6) is 5.75 Å². The molecule has 1 amide bonds. The van der Waals surface area contributed by atoms with Crippen LogP contribution < -0.4 is 10.1 Å². The lowest BCUT2D eigenvalue weighted by molar-refractivity contribution is -0.121. The fourth-order valence-corrected chi connectivity index (χ4v) is 4.27. The second-order valence-corrected chi connectivity index (χ2v) is 8.54. The van der Waals surface area contributed by atoms with E-state index < -0.39 is 11.4 Å². The number of amides is 1. The molecule has 0 atom stereocenters. The Bertz CT molecular complexity index is 919. The van der Waals surface area contributed by atoms with E-state index in [9.17, 15) is 9.59 Å². The van der Waals surface area contributed by atoms with E-state index >= 15 is 0 Å². The van der Waals surface area contributed by atoms with E-state index in [4.69, 9.17) is 21.1 Å². The van der Waals surface area contributed by atoms with E-state index in [2.05, 4.69) is 5.32 Å². The van der Waals surface area contributed by atoms with Crippen molar-refractivity contribution in [2.45, 2.75) is 44.9 Å². The Balaban J connectivity index is 1.90. The number of halogens is 1. The third-order valence-corrected chi connectivity index (χ3v) is 5.83. The lowest BCUT2D eigenvalue weighted by Crippen LogP contribution is -2.38. The van der Waals surface area contributed by atoms with Gasteiger partial charge in [0.05, 0.1) is 19.1 Å². The molecule has 0 aliphatic heterocycles. The van der Waals surface area contributed by atoms with Crippen LogP contribution in [0.25, 0.3) is 0 Å². The minimum absolute atomic E-state index is 0.111. The van der Waals surface area contributed by atoms with Gasteiger partial charge in [0.1, 0.15) is 11.3 Å². The van der Waals surface area contributed by atoms with Crippen LogP contribution in [-0.4, -0.2) is 25.6 Å². The molecular formula is C24H28ClNO4. The number of rotatable bonds is 7. The Kier molecular flexibility index (Phi) is 7.03. The quantitative estimate of drug-likeness (QED) is 0.581. The van der Waals surface area contributed by atoms with Gasteiger partial charge in [-0.2, -0.15) is 0 Å². The Morgan fingerprint density at radius 3 is 2.47 bits per heavy atom. The molecule has 2 aromatic rings. The summed E-state index contributed by atoms with van der Waals surface area (Å²) in [6.07, 6.45) is 3.41. The largest absolute Gasteiger partial charge is 0.492 e. The second-order valence-electron chi connectivity index (χ2n) is 8.13. The van der Waals surface area contributed by atoms with Gasteiger partial charge in [-0.1, -0.05) is 56.5 Å². The zero-order valence-electron chi connectivity index (χ0n) is 17.7. The molecule has 0 aromatic heterocycles. The third kappa shape index (κ3) is 4.62. The van der Waals surface area contributed by atoms with Crippen molar-refractivity contribution < 1.29 is 19.1 Å². The fourth-order valence-electron chi connectivity index (χ4n) is 3.96. The maximum absolute atomic E-state index is 13.4. The molecule has 3 rings (SSSR count). The lowest BCUT2D eigenvalue weighted by Gasteiger charge is -2.29. The smallest absolute Gasteiger partial charge is 0.341 e. The molecule has 1 aliphatic carbocycles. The first-order valence-electron chi connectivity index (χ1n) is 10.3. The number of carbonyl (C=O) groups is 2. The summed E-state index contributed by atoms with van der Waals surface area (Å²) in [6.45, 7) is 4.54. The highest BCUT2D eigenvalue weighted by Gasteiger charge is 2.44. The maximum Gasteiger partial charge on any atom is 0.341 e. The summed E-state index contributed by atoms with van der Waals surface area (Å²) in [6, 6.07) is 12.6. The van der Waals surface area contributed by atoms with Gasteiger partial charge in [0.25, 0.3) is 0 Å². The van der Waals surface area contributed by atoms with Crippen LogP contribution in [0.4, 0.5) is 5.69 Å². The molecule has 0 saturated heterocycles. The molecule has 1 aliphatic rings. The van der Waals surface area contributed by atoms with Crippen LogP contribution in [0.1, 0.15) is 55.5 Å². The lowest BCUT2D eigenvalue weighted by atomic mass is 9.78. The number of methoxy groups -OCH3 is 1. The number of benzene rings is 2. The summed E-state index contributed by atoms with van der Waals surface area (Å²) in [7, 11) is 1.32. The second kappa shape index (κ2) is 9.52. The summed E-state index contributed by atoms with van der Waals surface area (Å²) in [5, 5.41) is 3.60. The van der Waals surface area contributed by atoms with E-state index in [1.54, 1.807) is 18.2 Å². The van der Waals surface area contributed by atoms with E-state index in [0.717, 1.165) is 31.2 Å². The molecular weight excluding hydrogens is 402 g/mol. The number of nitrogens with one attached hydrogen (secondary N) is 1. The molecule has 0 heterocycles. The minimum Gasteiger partial charge on any atom is -0.492 e.